The number of hydrogen-bond acceptors (Lipinski definition) is 4. The molecule has 0 unspecified atom stereocenters. The number of ether oxygens (including phenoxy) is 1. The molecule has 1 aromatic carbocycles. The van der Waals surface area contributed by atoms with Crippen LogP contribution in [0.25, 0.3) is 0 Å². The summed E-state index contributed by atoms with van der Waals surface area (Å²) in [5.74, 6) is 0.572. The Labute approximate surface area is 169 Å². The molecule has 0 spiro atoms. The summed E-state index contributed by atoms with van der Waals surface area (Å²) in [5, 5.41) is 0.253. The van der Waals surface area contributed by atoms with Crippen molar-refractivity contribution in [2.45, 2.75) is 51.4 Å². The minimum Gasteiger partial charge on any atom is -0.377 e. The molecule has 1 aliphatic carbocycles. The van der Waals surface area contributed by atoms with Crippen molar-refractivity contribution < 1.29 is 9.13 Å². The fourth-order valence-corrected chi connectivity index (χ4v) is 5.14. The van der Waals surface area contributed by atoms with E-state index in [-0.39, 0.29) is 11.1 Å². The van der Waals surface area contributed by atoms with E-state index in [4.69, 9.17) is 17.4 Å². The third kappa shape index (κ3) is 6.37. The van der Waals surface area contributed by atoms with Crippen molar-refractivity contribution in [1.29, 1.82) is 0 Å². The van der Waals surface area contributed by atoms with Gasteiger partial charge in [-0.05, 0) is 54.9 Å². The summed E-state index contributed by atoms with van der Waals surface area (Å²) < 4.78 is 19.3. The molecular formula is C22H35FN2OS. The van der Waals surface area contributed by atoms with Gasteiger partial charge in [-0.3, -0.25) is 4.90 Å². The van der Waals surface area contributed by atoms with Crippen LogP contribution in [0.15, 0.2) is 24.3 Å². The number of hydrogen-bond donors (Lipinski definition) is 1. The van der Waals surface area contributed by atoms with Crippen molar-refractivity contribution in [2.75, 3.05) is 44.2 Å². The first-order chi connectivity index (χ1) is 12.8. The second-order valence-electron chi connectivity index (χ2n) is 9.29. The number of thiol groups is 1. The van der Waals surface area contributed by atoms with Gasteiger partial charge in [-0.15, -0.1) is 0 Å². The van der Waals surface area contributed by atoms with Crippen LogP contribution in [-0.2, 0) is 4.74 Å². The van der Waals surface area contributed by atoms with E-state index < -0.39 is 0 Å². The molecule has 0 bridgehead atoms. The normalized spacial score (nSPS) is 27.5. The Morgan fingerprint density at radius 3 is 2.44 bits per heavy atom. The maximum atomic E-state index is 13.1. The van der Waals surface area contributed by atoms with Crippen LogP contribution in [0.4, 0.5) is 10.1 Å². The third-order valence-corrected chi connectivity index (χ3v) is 6.22. The predicted molar refractivity (Wildman–Crippen MR) is 114 cm³/mol. The molecule has 1 aromatic rings. The SMILES string of the molecule is C[C@H]1C[C@@H](OC[C@H](S)CN2CCN(c3ccc(F)cc3)CC2)CC(C)(C)C1. The fraction of sp³-hybridized carbons (Fsp3) is 0.727. The zero-order valence-corrected chi connectivity index (χ0v) is 17.9. The molecule has 152 valence electrons. The fourth-order valence-electron chi connectivity index (χ4n) is 4.82. The summed E-state index contributed by atoms with van der Waals surface area (Å²) in [6, 6.07) is 6.81. The van der Waals surface area contributed by atoms with Crippen molar-refractivity contribution in [3.63, 3.8) is 0 Å². The van der Waals surface area contributed by atoms with E-state index in [1.54, 1.807) is 0 Å². The highest BCUT2D eigenvalue weighted by atomic mass is 32.1. The summed E-state index contributed by atoms with van der Waals surface area (Å²) in [6.07, 6.45) is 4.03. The van der Waals surface area contributed by atoms with Crippen molar-refractivity contribution in [3.8, 4) is 0 Å². The van der Waals surface area contributed by atoms with Crippen LogP contribution in [0.2, 0.25) is 0 Å². The van der Waals surface area contributed by atoms with Crippen LogP contribution in [0.1, 0.15) is 40.0 Å². The topological polar surface area (TPSA) is 15.7 Å². The first kappa shape index (κ1) is 20.9. The first-order valence-electron chi connectivity index (χ1n) is 10.3. The highest BCUT2D eigenvalue weighted by Crippen LogP contribution is 2.39. The second kappa shape index (κ2) is 9.15. The maximum Gasteiger partial charge on any atom is 0.123 e. The van der Waals surface area contributed by atoms with Gasteiger partial charge in [-0.25, -0.2) is 4.39 Å². The Bertz CT molecular complexity index is 586. The molecule has 1 saturated carbocycles. The second-order valence-corrected chi connectivity index (χ2v) is 10.0. The van der Waals surface area contributed by atoms with E-state index in [0.29, 0.717) is 11.5 Å². The first-order valence-corrected chi connectivity index (χ1v) is 10.8. The molecule has 1 aliphatic heterocycles. The van der Waals surface area contributed by atoms with Gasteiger partial charge in [0.05, 0.1) is 12.7 Å². The molecule has 2 fully saturated rings. The minimum atomic E-state index is -0.175. The number of rotatable bonds is 6. The third-order valence-electron chi connectivity index (χ3n) is 5.90. The van der Waals surface area contributed by atoms with Gasteiger partial charge in [0, 0.05) is 43.7 Å². The van der Waals surface area contributed by atoms with E-state index in [0.717, 1.165) is 57.4 Å². The zero-order valence-electron chi connectivity index (χ0n) is 17.0. The Morgan fingerprint density at radius 2 is 1.81 bits per heavy atom. The molecule has 0 N–H and O–H groups in total. The summed E-state index contributed by atoms with van der Waals surface area (Å²) >= 11 is 4.79. The standard InChI is InChI=1S/C22H35FN2OS/c1-17-12-20(14-22(2,3)13-17)26-16-21(27)15-24-8-10-25(11-9-24)19-6-4-18(23)5-7-19/h4-7,17,20-21,27H,8-16H2,1-3H3/t17-,20+,21+/m0/s1. The number of anilines is 1. The molecule has 3 rings (SSSR count). The van der Waals surface area contributed by atoms with Gasteiger partial charge in [-0.2, -0.15) is 12.6 Å². The predicted octanol–water partition coefficient (Wildman–Crippen LogP) is 4.48. The molecule has 0 aromatic heterocycles. The molecule has 0 amide bonds. The molecular weight excluding hydrogens is 359 g/mol. The minimum absolute atomic E-state index is 0.175. The van der Waals surface area contributed by atoms with Gasteiger partial charge in [0.2, 0.25) is 0 Å². The molecule has 1 saturated heterocycles. The highest BCUT2D eigenvalue weighted by Gasteiger charge is 2.32. The van der Waals surface area contributed by atoms with Crippen molar-refractivity contribution in [3.05, 3.63) is 30.1 Å². The smallest absolute Gasteiger partial charge is 0.123 e. The molecule has 3 atom stereocenters. The lowest BCUT2D eigenvalue weighted by molar-refractivity contribution is -0.0237. The zero-order chi connectivity index (χ0) is 19.4. The van der Waals surface area contributed by atoms with E-state index in [1.165, 1.54) is 25.0 Å². The van der Waals surface area contributed by atoms with Crippen LogP contribution in [0.5, 0.6) is 0 Å². The highest BCUT2D eigenvalue weighted by molar-refractivity contribution is 7.81. The molecule has 0 radical (unpaired) electrons. The summed E-state index contributed by atoms with van der Waals surface area (Å²) in [5.41, 5.74) is 1.50. The number of nitrogens with zero attached hydrogens (tertiary/aromatic N) is 2. The maximum absolute atomic E-state index is 13.1. The van der Waals surface area contributed by atoms with Gasteiger partial charge >= 0.3 is 0 Å². The van der Waals surface area contributed by atoms with Gasteiger partial charge in [0.25, 0.3) is 0 Å². The largest absolute Gasteiger partial charge is 0.377 e. The van der Waals surface area contributed by atoms with Crippen molar-refractivity contribution in [1.82, 2.24) is 4.90 Å². The number of benzene rings is 1. The van der Waals surface area contributed by atoms with Crippen molar-refractivity contribution in [2.24, 2.45) is 11.3 Å². The monoisotopic (exact) mass is 394 g/mol. The Balaban J connectivity index is 1.38. The molecule has 1 heterocycles. The Morgan fingerprint density at radius 1 is 1.15 bits per heavy atom. The van der Waals surface area contributed by atoms with Gasteiger partial charge < -0.3 is 9.64 Å². The van der Waals surface area contributed by atoms with Gasteiger partial charge in [-0.1, -0.05) is 20.8 Å². The summed E-state index contributed by atoms with van der Waals surface area (Å²) in [4.78, 5) is 4.79. The average molecular weight is 395 g/mol. The summed E-state index contributed by atoms with van der Waals surface area (Å²) in [7, 11) is 0. The lowest BCUT2D eigenvalue weighted by atomic mass is 9.71. The molecule has 2 aliphatic rings. The van der Waals surface area contributed by atoms with Crippen LogP contribution >= 0.6 is 12.6 Å². The van der Waals surface area contributed by atoms with Gasteiger partial charge in [0.15, 0.2) is 0 Å². The molecule has 5 heteroatoms. The quantitative estimate of drug-likeness (QED) is 0.717. The van der Waals surface area contributed by atoms with Crippen LogP contribution in [-0.4, -0.2) is 55.6 Å². The van der Waals surface area contributed by atoms with E-state index in [9.17, 15) is 4.39 Å². The molecule has 27 heavy (non-hydrogen) atoms. The lowest BCUT2D eigenvalue weighted by Gasteiger charge is -2.39. The van der Waals surface area contributed by atoms with E-state index >= 15 is 0 Å². The lowest BCUT2D eigenvalue weighted by Crippen LogP contribution is -2.48. The number of piperazine rings is 1. The average Bonchev–Trinajstić information content (AvgIpc) is 2.60. The van der Waals surface area contributed by atoms with E-state index in [1.807, 2.05) is 12.1 Å². The van der Waals surface area contributed by atoms with Crippen LogP contribution < -0.4 is 4.90 Å². The molecule has 3 nitrogen and oxygen atoms in total. The Hall–Kier alpha value is -0.780. The summed E-state index contributed by atoms with van der Waals surface area (Å²) in [6.45, 7) is 12.7. The van der Waals surface area contributed by atoms with Gasteiger partial charge in [0.1, 0.15) is 5.82 Å². The van der Waals surface area contributed by atoms with Crippen molar-refractivity contribution >= 4 is 18.3 Å². The Kier molecular flexibility index (Phi) is 7.09. The number of halogens is 1. The van der Waals surface area contributed by atoms with E-state index in [2.05, 4.69) is 30.6 Å². The van der Waals surface area contributed by atoms with Crippen LogP contribution in [0, 0.1) is 17.2 Å². The van der Waals surface area contributed by atoms with Crippen LogP contribution in [0.3, 0.4) is 0 Å².